The number of benzene rings is 2. The molecule has 2 rings (SSSR count). The largest absolute Gasteiger partial charge is 0.485 e. The maximum absolute atomic E-state index is 11.9. The Kier molecular flexibility index (Phi) is 4.88. The molecule has 2 aromatic carbocycles. The summed E-state index contributed by atoms with van der Waals surface area (Å²) in [6.45, 7) is 0.0280. The average molecular weight is 293 g/mol. The number of hydrogen-bond acceptors (Lipinski definition) is 3. The van der Waals surface area contributed by atoms with E-state index < -0.39 is 0 Å². The molecule has 0 saturated carbocycles. The summed E-state index contributed by atoms with van der Waals surface area (Å²) in [7, 11) is 0. The van der Waals surface area contributed by atoms with Gasteiger partial charge in [0, 0.05) is 15.5 Å². The summed E-state index contributed by atoms with van der Waals surface area (Å²) in [5, 5.41) is 0.616. The lowest BCUT2D eigenvalue weighted by Gasteiger charge is -2.06. The molecule has 0 heterocycles. The minimum atomic E-state index is -0.0643. The van der Waals surface area contributed by atoms with Crippen molar-refractivity contribution in [3.05, 3.63) is 59.1 Å². The number of carbonyl (C=O) groups is 1. The zero-order valence-corrected chi connectivity index (χ0v) is 12.0. The van der Waals surface area contributed by atoms with Crippen molar-refractivity contribution in [2.24, 2.45) is 0 Å². The van der Waals surface area contributed by atoms with Crippen LogP contribution in [0.25, 0.3) is 0 Å². The highest BCUT2D eigenvalue weighted by Crippen LogP contribution is 2.19. The number of rotatable bonds is 5. The normalized spacial score (nSPS) is 10.2. The fourth-order valence-corrected chi connectivity index (χ4v) is 2.07. The molecule has 0 N–H and O–H groups in total. The van der Waals surface area contributed by atoms with Gasteiger partial charge in [-0.15, -0.1) is 11.8 Å². The number of Topliss-reactive ketones (excluding diaryl/α,β-unsaturated/α-hetero) is 1. The van der Waals surface area contributed by atoms with Crippen LogP contribution in [-0.4, -0.2) is 18.6 Å². The predicted octanol–water partition coefficient (Wildman–Crippen LogP) is 4.32. The summed E-state index contributed by atoms with van der Waals surface area (Å²) in [5.74, 6) is 0.630. The molecule has 0 saturated heterocycles. The van der Waals surface area contributed by atoms with Crippen molar-refractivity contribution in [3.63, 3.8) is 0 Å². The Balaban J connectivity index is 1.94. The highest BCUT2D eigenvalue weighted by atomic mass is 35.5. The van der Waals surface area contributed by atoms with Crippen LogP contribution in [0.2, 0.25) is 5.02 Å². The molecular formula is C15H13ClO2S. The fraction of sp³-hybridized carbons (Fsp3) is 0.133. The molecule has 98 valence electrons. The van der Waals surface area contributed by atoms with Gasteiger partial charge < -0.3 is 4.74 Å². The Hall–Kier alpha value is -1.45. The number of halogens is 1. The molecule has 0 spiro atoms. The SMILES string of the molecule is CSc1ccc(OCC(=O)c2ccc(Cl)cc2)cc1. The van der Waals surface area contributed by atoms with Gasteiger partial charge in [0.05, 0.1) is 0 Å². The molecule has 0 radical (unpaired) electrons. The van der Waals surface area contributed by atoms with E-state index in [1.165, 1.54) is 0 Å². The van der Waals surface area contributed by atoms with Crippen LogP contribution in [0.15, 0.2) is 53.4 Å². The number of carbonyl (C=O) groups excluding carboxylic acids is 1. The summed E-state index contributed by atoms with van der Waals surface area (Å²) < 4.78 is 5.46. The van der Waals surface area contributed by atoms with Gasteiger partial charge in [0.15, 0.2) is 12.4 Å². The van der Waals surface area contributed by atoms with Gasteiger partial charge in [0.1, 0.15) is 5.75 Å². The van der Waals surface area contributed by atoms with Crippen LogP contribution < -0.4 is 4.74 Å². The van der Waals surface area contributed by atoms with Gasteiger partial charge in [-0.25, -0.2) is 0 Å². The van der Waals surface area contributed by atoms with E-state index in [0.29, 0.717) is 16.3 Å². The van der Waals surface area contributed by atoms with Gasteiger partial charge in [0.2, 0.25) is 0 Å². The molecule has 4 heteroatoms. The molecule has 19 heavy (non-hydrogen) atoms. The molecule has 0 fully saturated rings. The van der Waals surface area contributed by atoms with E-state index in [4.69, 9.17) is 16.3 Å². The molecule has 0 atom stereocenters. The van der Waals surface area contributed by atoms with Crippen molar-refractivity contribution in [2.45, 2.75) is 4.90 Å². The second-order valence-electron chi connectivity index (χ2n) is 3.89. The van der Waals surface area contributed by atoms with Gasteiger partial charge in [-0.1, -0.05) is 11.6 Å². The van der Waals surface area contributed by atoms with Crippen LogP contribution in [0, 0.1) is 0 Å². The quantitative estimate of drug-likeness (QED) is 0.606. The minimum Gasteiger partial charge on any atom is -0.485 e. The average Bonchev–Trinajstić information content (AvgIpc) is 2.46. The number of ketones is 1. The number of thioether (sulfide) groups is 1. The maximum atomic E-state index is 11.9. The second-order valence-corrected chi connectivity index (χ2v) is 5.21. The monoisotopic (exact) mass is 292 g/mol. The van der Waals surface area contributed by atoms with Gasteiger partial charge in [0.25, 0.3) is 0 Å². The van der Waals surface area contributed by atoms with Crippen LogP contribution in [0.1, 0.15) is 10.4 Å². The van der Waals surface area contributed by atoms with Crippen LogP contribution >= 0.6 is 23.4 Å². The Morgan fingerprint density at radius 1 is 1.11 bits per heavy atom. The zero-order valence-electron chi connectivity index (χ0n) is 10.4. The zero-order chi connectivity index (χ0) is 13.7. The van der Waals surface area contributed by atoms with E-state index >= 15 is 0 Å². The summed E-state index contributed by atoms with van der Waals surface area (Å²) in [4.78, 5) is 13.0. The summed E-state index contributed by atoms with van der Waals surface area (Å²) in [5.41, 5.74) is 0.602. The Morgan fingerprint density at radius 3 is 2.32 bits per heavy atom. The highest BCUT2D eigenvalue weighted by molar-refractivity contribution is 7.98. The second kappa shape index (κ2) is 6.64. The van der Waals surface area contributed by atoms with Crippen molar-refractivity contribution in [3.8, 4) is 5.75 Å². The minimum absolute atomic E-state index is 0.0280. The molecule has 0 bridgehead atoms. The highest BCUT2D eigenvalue weighted by Gasteiger charge is 2.06. The van der Waals surface area contributed by atoms with Gasteiger partial charge in [-0.05, 0) is 54.8 Å². The molecule has 2 aromatic rings. The lowest BCUT2D eigenvalue weighted by atomic mass is 10.1. The number of ether oxygens (including phenoxy) is 1. The van der Waals surface area contributed by atoms with E-state index in [0.717, 1.165) is 4.90 Å². The Morgan fingerprint density at radius 2 is 1.74 bits per heavy atom. The van der Waals surface area contributed by atoms with Crippen molar-refractivity contribution in [1.29, 1.82) is 0 Å². The molecule has 2 nitrogen and oxygen atoms in total. The van der Waals surface area contributed by atoms with E-state index in [2.05, 4.69) is 0 Å². The van der Waals surface area contributed by atoms with E-state index in [9.17, 15) is 4.79 Å². The van der Waals surface area contributed by atoms with Crippen molar-refractivity contribution >= 4 is 29.1 Å². The summed E-state index contributed by atoms with van der Waals surface area (Å²) in [6.07, 6.45) is 2.01. The predicted molar refractivity (Wildman–Crippen MR) is 79.5 cm³/mol. The van der Waals surface area contributed by atoms with Crippen molar-refractivity contribution in [1.82, 2.24) is 0 Å². The van der Waals surface area contributed by atoms with E-state index in [-0.39, 0.29) is 12.4 Å². The van der Waals surface area contributed by atoms with Crippen LogP contribution in [0.4, 0.5) is 0 Å². The lowest BCUT2D eigenvalue weighted by molar-refractivity contribution is 0.0921. The first-order valence-corrected chi connectivity index (χ1v) is 7.35. The summed E-state index contributed by atoms with van der Waals surface area (Å²) >= 11 is 7.44. The molecule has 0 aliphatic rings. The van der Waals surface area contributed by atoms with Gasteiger partial charge in [-0.2, -0.15) is 0 Å². The van der Waals surface area contributed by atoms with E-state index in [1.807, 2.05) is 30.5 Å². The maximum Gasteiger partial charge on any atom is 0.200 e. The van der Waals surface area contributed by atoms with Gasteiger partial charge >= 0.3 is 0 Å². The fourth-order valence-electron chi connectivity index (χ4n) is 1.54. The first-order valence-electron chi connectivity index (χ1n) is 5.74. The molecule has 0 aliphatic carbocycles. The first-order chi connectivity index (χ1) is 9.19. The van der Waals surface area contributed by atoms with Crippen LogP contribution in [0.5, 0.6) is 5.75 Å². The topological polar surface area (TPSA) is 26.3 Å². The first kappa shape index (κ1) is 14.0. The van der Waals surface area contributed by atoms with E-state index in [1.54, 1.807) is 36.0 Å². The Labute approximate surface area is 121 Å². The third-order valence-corrected chi connectivity index (χ3v) is 3.59. The molecule has 0 unspecified atom stereocenters. The number of hydrogen-bond donors (Lipinski definition) is 0. The molecule has 0 amide bonds. The molecule has 0 aromatic heterocycles. The van der Waals surface area contributed by atoms with Crippen LogP contribution in [-0.2, 0) is 0 Å². The van der Waals surface area contributed by atoms with Crippen LogP contribution in [0.3, 0.4) is 0 Å². The lowest BCUT2D eigenvalue weighted by Crippen LogP contribution is -2.11. The third-order valence-electron chi connectivity index (χ3n) is 2.60. The van der Waals surface area contributed by atoms with Crippen molar-refractivity contribution in [2.75, 3.05) is 12.9 Å². The van der Waals surface area contributed by atoms with Crippen molar-refractivity contribution < 1.29 is 9.53 Å². The third kappa shape index (κ3) is 4.01. The molecular weight excluding hydrogens is 280 g/mol. The Bertz CT molecular complexity index is 549. The standard InChI is InChI=1S/C15H13ClO2S/c1-19-14-8-6-13(7-9-14)18-10-15(17)11-2-4-12(16)5-3-11/h2-9H,10H2,1H3. The smallest absolute Gasteiger partial charge is 0.200 e. The summed E-state index contributed by atoms with van der Waals surface area (Å²) in [6, 6.07) is 14.4. The molecule has 0 aliphatic heterocycles. The van der Waals surface area contributed by atoms with Gasteiger partial charge in [-0.3, -0.25) is 4.79 Å².